The van der Waals surface area contributed by atoms with Crippen LogP contribution in [-0.2, 0) is 28.6 Å². The van der Waals surface area contributed by atoms with Crippen molar-refractivity contribution >= 4 is 17.9 Å². The van der Waals surface area contributed by atoms with Gasteiger partial charge in [0.25, 0.3) is 0 Å². The first-order valence-corrected chi connectivity index (χ1v) is 25.9. The summed E-state index contributed by atoms with van der Waals surface area (Å²) in [6, 6.07) is 0. The molecular weight excluding hydrogens is 769 g/mol. The van der Waals surface area contributed by atoms with Crippen molar-refractivity contribution < 1.29 is 28.6 Å². The largest absolute Gasteiger partial charge is 0.462 e. The molecule has 0 N–H and O–H groups in total. The van der Waals surface area contributed by atoms with E-state index in [0.29, 0.717) is 19.3 Å². The first-order valence-electron chi connectivity index (χ1n) is 25.9. The van der Waals surface area contributed by atoms with Crippen molar-refractivity contribution in [3.05, 3.63) is 72.9 Å². The molecule has 0 heterocycles. The number of unbranched alkanes of at least 4 members (excludes halogenated alkanes) is 23. The van der Waals surface area contributed by atoms with Crippen LogP contribution in [0.15, 0.2) is 72.9 Å². The Morgan fingerprint density at radius 2 is 0.629 bits per heavy atom. The van der Waals surface area contributed by atoms with Crippen molar-refractivity contribution in [3.8, 4) is 0 Å². The maximum atomic E-state index is 12.8. The van der Waals surface area contributed by atoms with Crippen LogP contribution in [0.3, 0.4) is 0 Å². The van der Waals surface area contributed by atoms with E-state index in [-0.39, 0.29) is 31.1 Å². The molecule has 0 aliphatic carbocycles. The fourth-order valence-electron chi connectivity index (χ4n) is 7.09. The average molecular weight is 865 g/mol. The third-order valence-electron chi connectivity index (χ3n) is 11.0. The van der Waals surface area contributed by atoms with Gasteiger partial charge >= 0.3 is 17.9 Å². The van der Waals surface area contributed by atoms with Gasteiger partial charge in [-0.2, -0.15) is 0 Å². The Bertz CT molecular complexity index is 1180. The second-order valence-electron chi connectivity index (χ2n) is 17.1. The highest BCUT2D eigenvalue weighted by atomic mass is 16.6. The second-order valence-corrected chi connectivity index (χ2v) is 17.1. The van der Waals surface area contributed by atoms with Gasteiger partial charge in [-0.05, 0) is 70.6 Å². The highest BCUT2D eigenvalue weighted by molar-refractivity contribution is 5.71. The Morgan fingerprint density at radius 3 is 0.984 bits per heavy atom. The molecule has 356 valence electrons. The van der Waals surface area contributed by atoms with Crippen molar-refractivity contribution in [2.24, 2.45) is 0 Å². The summed E-state index contributed by atoms with van der Waals surface area (Å²) in [6.45, 7) is 6.48. The first-order chi connectivity index (χ1) is 30.5. The number of esters is 3. The van der Waals surface area contributed by atoms with Gasteiger partial charge in [-0.1, -0.05) is 229 Å². The Hall–Kier alpha value is -3.15. The van der Waals surface area contributed by atoms with E-state index in [4.69, 9.17) is 14.2 Å². The highest BCUT2D eigenvalue weighted by Gasteiger charge is 2.19. The third kappa shape index (κ3) is 47.9. The van der Waals surface area contributed by atoms with Crippen LogP contribution in [0.5, 0.6) is 0 Å². The summed E-state index contributed by atoms with van der Waals surface area (Å²) in [5, 5.41) is 0. The van der Waals surface area contributed by atoms with E-state index in [1.165, 1.54) is 109 Å². The minimum absolute atomic E-state index is 0.0864. The molecule has 0 fully saturated rings. The quantitative estimate of drug-likeness (QED) is 0.0262. The molecule has 0 saturated heterocycles. The molecule has 0 aromatic carbocycles. The molecular formula is C56H96O6. The van der Waals surface area contributed by atoms with Gasteiger partial charge in [-0.25, -0.2) is 0 Å². The lowest BCUT2D eigenvalue weighted by atomic mass is 10.0. The van der Waals surface area contributed by atoms with E-state index in [0.717, 1.165) is 96.3 Å². The van der Waals surface area contributed by atoms with Crippen molar-refractivity contribution in [3.63, 3.8) is 0 Å². The fraction of sp³-hybridized carbons (Fsp3) is 0.732. The van der Waals surface area contributed by atoms with Gasteiger partial charge in [0, 0.05) is 19.3 Å². The molecule has 62 heavy (non-hydrogen) atoms. The molecule has 1 unspecified atom stereocenters. The molecule has 6 heteroatoms. The first kappa shape index (κ1) is 58.9. The van der Waals surface area contributed by atoms with Crippen molar-refractivity contribution in [2.45, 2.75) is 252 Å². The van der Waals surface area contributed by atoms with E-state index in [1.54, 1.807) is 0 Å². The Morgan fingerprint density at radius 1 is 0.339 bits per heavy atom. The number of ether oxygens (including phenoxy) is 3. The molecule has 0 amide bonds. The van der Waals surface area contributed by atoms with Crippen LogP contribution in [-0.4, -0.2) is 37.2 Å². The molecule has 0 aliphatic heterocycles. The van der Waals surface area contributed by atoms with Crippen LogP contribution in [0.25, 0.3) is 0 Å². The third-order valence-corrected chi connectivity index (χ3v) is 11.0. The number of rotatable bonds is 46. The van der Waals surface area contributed by atoms with Gasteiger partial charge < -0.3 is 14.2 Å². The predicted octanol–water partition coefficient (Wildman–Crippen LogP) is 17.0. The van der Waals surface area contributed by atoms with Gasteiger partial charge in [0.1, 0.15) is 13.2 Å². The van der Waals surface area contributed by atoms with Crippen molar-refractivity contribution in [1.29, 1.82) is 0 Å². The topological polar surface area (TPSA) is 78.9 Å². The number of hydrogen-bond donors (Lipinski definition) is 0. The zero-order valence-electron chi connectivity index (χ0n) is 40.6. The summed E-state index contributed by atoms with van der Waals surface area (Å²) in [5.41, 5.74) is 0. The summed E-state index contributed by atoms with van der Waals surface area (Å²) in [5.74, 6) is -0.930. The molecule has 6 nitrogen and oxygen atoms in total. The SMILES string of the molecule is CC/C=C\C/C=C\C/C=C\C/C=C\C/C=C\C/C=C\CCCCC(=O)OCC(COC(=O)CCCCCCCCCCCC)OC(=O)CCCCCCCCCCCCCCC. The predicted molar refractivity (Wildman–Crippen MR) is 265 cm³/mol. The molecule has 0 saturated carbocycles. The summed E-state index contributed by atoms with van der Waals surface area (Å²) in [6.07, 6.45) is 63.2. The van der Waals surface area contributed by atoms with Crippen LogP contribution >= 0.6 is 0 Å². The molecule has 0 aromatic rings. The van der Waals surface area contributed by atoms with Crippen LogP contribution in [0.4, 0.5) is 0 Å². The Balaban J connectivity index is 4.40. The number of allylic oxidation sites excluding steroid dienone is 12. The number of hydrogen-bond acceptors (Lipinski definition) is 6. The van der Waals surface area contributed by atoms with Gasteiger partial charge in [-0.3, -0.25) is 14.4 Å². The van der Waals surface area contributed by atoms with E-state index < -0.39 is 6.10 Å². The molecule has 0 radical (unpaired) electrons. The molecule has 0 bridgehead atoms. The van der Waals surface area contributed by atoms with Crippen molar-refractivity contribution in [2.75, 3.05) is 13.2 Å². The average Bonchev–Trinajstić information content (AvgIpc) is 3.27. The number of carbonyl (C=O) groups is 3. The van der Waals surface area contributed by atoms with Crippen LogP contribution < -0.4 is 0 Å². The lowest BCUT2D eigenvalue weighted by molar-refractivity contribution is -0.167. The smallest absolute Gasteiger partial charge is 0.306 e. The van der Waals surface area contributed by atoms with Gasteiger partial charge in [0.15, 0.2) is 6.10 Å². The zero-order valence-corrected chi connectivity index (χ0v) is 40.6. The molecule has 0 aromatic heterocycles. The monoisotopic (exact) mass is 865 g/mol. The normalized spacial score (nSPS) is 12.6. The van der Waals surface area contributed by atoms with Crippen LogP contribution in [0.2, 0.25) is 0 Å². The lowest BCUT2D eigenvalue weighted by Crippen LogP contribution is -2.30. The highest BCUT2D eigenvalue weighted by Crippen LogP contribution is 2.15. The molecule has 0 rings (SSSR count). The molecule has 0 aliphatic rings. The summed E-state index contributed by atoms with van der Waals surface area (Å²) in [4.78, 5) is 37.9. The Labute approximate surface area is 382 Å². The van der Waals surface area contributed by atoms with Crippen molar-refractivity contribution in [1.82, 2.24) is 0 Å². The summed E-state index contributed by atoms with van der Waals surface area (Å²) in [7, 11) is 0. The minimum Gasteiger partial charge on any atom is -0.462 e. The van der Waals surface area contributed by atoms with Gasteiger partial charge in [-0.15, -0.1) is 0 Å². The van der Waals surface area contributed by atoms with Crippen LogP contribution in [0.1, 0.15) is 245 Å². The van der Waals surface area contributed by atoms with E-state index in [2.05, 4.69) is 93.7 Å². The second kappa shape index (κ2) is 50.5. The number of carbonyl (C=O) groups excluding carboxylic acids is 3. The fourth-order valence-corrected chi connectivity index (χ4v) is 7.09. The zero-order chi connectivity index (χ0) is 45.1. The minimum atomic E-state index is -0.788. The molecule has 0 spiro atoms. The van der Waals surface area contributed by atoms with Gasteiger partial charge in [0.2, 0.25) is 0 Å². The van der Waals surface area contributed by atoms with E-state index in [1.807, 2.05) is 0 Å². The maximum absolute atomic E-state index is 12.8. The van der Waals surface area contributed by atoms with Gasteiger partial charge in [0.05, 0.1) is 0 Å². The Kier molecular flexibility index (Phi) is 47.9. The standard InChI is InChI=1S/C56H96O6/c1-4-7-10-13-16-19-22-24-25-26-27-28-29-30-31-33-34-37-40-43-46-49-55(58)61-52-53(51-60-54(57)48-45-42-39-36-21-18-15-12-9-6-3)62-56(59)50-47-44-41-38-35-32-23-20-17-14-11-8-5-2/h7,10,16,19,24-25,27-28,30-31,34,37,53H,4-6,8-9,11-15,17-18,20-23,26,29,32-33,35-36,38-52H2,1-3H3/b10-7-,19-16-,25-24-,28-27-,31-30-,37-34-. The maximum Gasteiger partial charge on any atom is 0.306 e. The summed E-state index contributed by atoms with van der Waals surface area (Å²) >= 11 is 0. The van der Waals surface area contributed by atoms with E-state index in [9.17, 15) is 14.4 Å². The summed E-state index contributed by atoms with van der Waals surface area (Å²) < 4.78 is 16.7. The van der Waals surface area contributed by atoms with E-state index >= 15 is 0 Å². The molecule has 1 atom stereocenters. The lowest BCUT2D eigenvalue weighted by Gasteiger charge is -2.18. The van der Waals surface area contributed by atoms with Crippen LogP contribution in [0, 0.1) is 0 Å².